The topological polar surface area (TPSA) is 58.2 Å². The van der Waals surface area contributed by atoms with E-state index in [9.17, 15) is 8.42 Å². The molecule has 5 heteroatoms. The Morgan fingerprint density at radius 3 is 2.37 bits per heavy atom. The molecule has 0 radical (unpaired) electrons. The van der Waals surface area contributed by atoms with Gasteiger partial charge in [-0.05, 0) is 43.7 Å². The molecule has 2 heterocycles. The molecule has 4 nitrogen and oxygen atoms in total. The van der Waals surface area contributed by atoms with Gasteiger partial charge in [-0.25, -0.2) is 13.1 Å². The van der Waals surface area contributed by atoms with Gasteiger partial charge in [0.2, 0.25) is 10.0 Å². The van der Waals surface area contributed by atoms with Crippen LogP contribution in [0.3, 0.4) is 0 Å². The number of nitrogens with one attached hydrogen (secondary N) is 2. The van der Waals surface area contributed by atoms with E-state index in [0.717, 1.165) is 32.4 Å². The van der Waals surface area contributed by atoms with Crippen LogP contribution in [0.4, 0.5) is 0 Å². The molecule has 0 bridgehead atoms. The van der Waals surface area contributed by atoms with E-state index in [1.165, 1.54) is 25.7 Å². The molecule has 2 N–H and O–H groups in total. The van der Waals surface area contributed by atoms with Gasteiger partial charge in [-0.2, -0.15) is 0 Å². The van der Waals surface area contributed by atoms with E-state index in [2.05, 4.69) is 10.0 Å². The lowest BCUT2D eigenvalue weighted by Crippen LogP contribution is -2.39. The van der Waals surface area contributed by atoms with E-state index in [1.54, 1.807) is 0 Å². The molecule has 1 saturated carbocycles. The van der Waals surface area contributed by atoms with Crippen LogP contribution < -0.4 is 10.0 Å². The van der Waals surface area contributed by atoms with E-state index < -0.39 is 10.0 Å². The fraction of sp³-hybridized carbons (Fsp3) is 1.00. The van der Waals surface area contributed by atoms with Gasteiger partial charge in [-0.3, -0.25) is 0 Å². The third-order valence-corrected chi connectivity index (χ3v) is 7.34. The minimum absolute atomic E-state index is 0.138. The van der Waals surface area contributed by atoms with Crippen LogP contribution in [-0.4, -0.2) is 33.3 Å². The monoisotopic (exact) mass is 286 g/mol. The number of rotatable bonds is 0. The Labute approximate surface area is 116 Å². The summed E-state index contributed by atoms with van der Waals surface area (Å²) in [4.78, 5) is 0. The van der Waals surface area contributed by atoms with Crippen LogP contribution in [0.2, 0.25) is 0 Å². The Bertz CT molecular complexity index is 410. The Hall–Kier alpha value is -0.130. The van der Waals surface area contributed by atoms with Crippen LogP contribution in [0.25, 0.3) is 0 Å². The van der Waals surface area contributed by atoms with E-state index in [0.29, 0.717) is 24.3 Å². The third kappa shape index (κ3) is 2.83. The molecule has 0 spiro atoms. The molecular formula is C14H26N2O2S. The largest absolute Gasteiger partial charge is 0.316 e. The van der Waals surface area contributed by atoms with Crippen molar-refractivity contribution in [3.05, 3.63) is 0 Å². The van der Waals surface area contributed by atoms with Gasteiger partial charge in [0.05, 0.1) is 5.25 Å². The minimum Gasteiger partial charge on any atom is -0.316 e. The summed E-state index contributed by atoms with van der Waals surface area (Å²) in [6.45, 7) is 2.65. The molecule has 19 heavy (non-hydrogen) atoms. The fourth-order valence-corrected chi connectivity index (χ4v) is 6.27. The number of fused-ring (bicyclic) bond motifs is 3. The molecule has 3 fully saturated rings. The van der Waals surface area contributed by atoms with Crippen LogP contribution in [0.1, 0.15) is 44.9 Å². The molecule has 3 rings (SSSR count). The van der Waals surface area contributed by atoms with Crippen molar-refractivity contribution < 1.29 is 8.42 Å². The van der Waals surface area contributed by atoms with Crippen LogP contribution in [0, 0.1) is 17.8 Å². The Kier molecular flexibility index (Phi) is 4.15. The quantitative estimate of drug-likeness (QED) is 0.709. The highest BCUT2D eigenvalue weighted by Gasteiger charge is 2.45. The minimum atomic E-state index is -3.10. The molecule has 1 aliphatic carbocycles. The van der Waals surface area contributed by atoms with Gasteiger partial charge >= 0.3 is 0 Å². The van der Waals surface area contributed by atoms with Gasteiger partial charge in [-0.15, -0.1) is 0 Å². The highest BCUT2D eigenvalue weighted by atomic mass is 32.2. The van der Waals surface area contributed by atoms with Crippen molar-refractivity contribution in [2.75, 3.05) is 19.6 Å². The van der Waals surface area contributed by atoms with Crippen LogP contribution in [-0.2, 0) is 10.0 Å². The van der Waals surface area contributed by atoms with Gasteiger partial charge in [0.15, 0.2) is 0 Å². The molecular weight excluding hydrogens is 260 g/mol. The van der Waals surface area contributed by atoms with E-state index >= 15 is 0 Å². The third-order valence-electron chi connectivity index (χ3n) is 5.39. The summed E-state index contributed by atoms with van der Waals surface area (Å²) in [5, 5.41) is 3.33. The SMILES string of the molecule is O=S1(=O)NCC2CNCC2C2CCCCCCCC21. The van der Waals surface area contributed by atoms with Gasteiger partial charge in [0.1, 0.15) is 0 Å². The Morgan fingerprint density at radius 1 is 0.789 bits per heavy atom. The summed E-state index contributed by atoms with van der Waals surface area (Å²) < 4.78 is 27.9. The first-order valence-corrected chi connectivity index (χ1v) is 9.42. The highest BCUT2D eigenvalue weighted by Crippen LogP contribution is 2.38. The van der Waals surface area contributed by atoms with Crippen LogP contribution in [0.5, 0.6) is 0 Å². The van der Waals surface area contributed by atoms with Crippen molar-refractivity contribution in [2.24, 2.45) is 17.8 Å². The zero-order chi connectivity index (χ0) is 13.3. The maximum atomic E-state index is 12.5. The van der Waals surface area contributed by atoms with Crippen molar-refractivity contribution in [2.45, 2.75) is 50.2 Å². The van der Waals surface area contributed by atoms with E-state index in [4.69, 9.17) is 0 Å². The molecule has 2 saturated heterocycles. The standard InChI is InChI=1S/C14H26N2O2S/c17-19(18)14-7-5-3-1-2-4-6-12(14)13-10-15-8-11(13)9-16-19/h11-16H,1-10H2. The predicted molar refractivity (Wildman–Crippen MR) is 76.4 cm³/mol. The lowest BCUT2D eigenvalue weighted by atomic mass is 9.78. The van der Waals surface area contributed by atoms with Crippen molar-refractivity contribution in [1.29, 1.82) is 0 Å². The van der Waals surface area contributed by atoms with Gasteiger partial charge in [0, 0.05) is 6.54 Å². The second-order valence-corrected chi connectivity index (χ2v) is 8.51. The van der Waals surface area contributed by atoms with Crippen LogP contribution in [0.15, 0.2) is 0 Å². The lowest BCUT2D eigenvalue weighted by Gasteiger charge is -2.29. The van der Waals surface area contributed by atoms with Crippen LogP contribution >= 0.6 is 0 Å². The number of sulfonamides is 1. The highest BCUT2D eigenvalue weighted by molar-refractivity contribution is 7.90. The molecule has 110 valence electrons. The van der Waals surface area contributed by atoms with Crippen molar-refractivity contribution in [1.82, 2.24) is 10.0 Å². The summed E-state index contributed by atoms with van der Waals surface area (Å²) >= 11 is 0. The number of hydrogen-bond donors (Lipinski definition) is 2. The second-order valence-electron chi connectivity index (χ2n) is 6.52. The molecule has 0 aromatic rings. The van der Waals surface area contributed by atoms with Gasteiger partial charge in [0.25, 0.3) is 0 Å². The fourth-order valence-electron chi connectivity index (χ4n) is 4.34. The van der Waals surface area contributed by atoms with Crippen molar-refractivity contribution in [3.63, 3.8) is 0 Å². The smallest absolute Gasteiger partial charge is 0.214 e. The molecule has 4 atom stereocenters. The first-order chi connectivity index (χ1) is 9.18. The molecule has 0 aromatic carbocycles. The number of hydrogen-bond acceptors (Lipinski definition) is 3. The van der Waals surface area contributed by atoms with Crippen molar-refractivity contribution in [3.8, 4) is 0 Å². The molecule has 3 aliphatic rings. The zero-order valence-corrected chi connectivity index (χ0v) is 12.4. The van der Waals surface area contributed by atoms with Gasteiger partial charge in [-0.1, -0.05) is 32.1 Å². The zero-order valence-electron chi connectivity index (χ0n) is 11.6. The molecule has 0 amide bonds. The maximum absolute atomic E-state index is 12.5. The second kappa shape index (κ2) is 5.70. The average molecular weight is 286 g/mol. The first-order valence-electron chi connectivity index (χ1n) is 7.88. The Morgan fingerprint density at radius 2 is 1.53 bits per heavy atom. The van der Waals surface area contributed by atoms with Crippen molar-refractivity contribution >= 4 is 10.0 Å². The Balaban J connectivity index is 1.89. The maximum Gasteiger partial charge on any atom is 0.214 e. The van der Waals surface area contributed by atoms with Gasteiger partial charge < -0.3 is 5.32 Å². The average Bonchev–Trinajstić information content (AvgIpc) is 2.84. The van der Waals surface area contributed by atoms with E-state index in [-0.39, 0.29) is 5.25 Å². The van der Waals surface area contributed by atoms with E-state index in [1.807, 2.05) is 0 Å². The summed E-state index contributed by atoms with van der Waals surface area (Å²) in [6, 6.07) is 0. The first kappa shape index (κ1) is 13.8. The summed E-state index contributed by atoms with van der Waals surface area (Å²) in [7, 11) is -3.10. The normalized spacial score (nSPS) is 43.2. The summed E-state index contributed by atoms with van der Waals surface area (Å²) in [5.41, 5.74) is 0. The lowest BCUT2D eigenvalue weighted by molar-refractivity contribution is 0.259. The molecule has 4 unspecified atom stereocenters. The molecule has 0 aromatic heterocycles. The summed E-state index contributed by atoms with van der Waals surface area (Å²) in [5.74, 6) is 1.44. The molecule has 2 aliphatic heterocycles. The summed E-state index contributed by atoms with van der Waals surface area (Å²) in [6.07, 6.45) is 8.01. The predicted octanol–water partition coefficient (Wildman–Crippen LogP) is 1.48.